The van der Waals surface area contributed by atoms with Gasteiger partial charge in [0.25, 0.3) is 0 Å². The van der Waals surface area contributed by atoms with Crippen molar-refractivity contribution in [3.63, 3.8) is 0 Å². The van der Waals surface area contributed by atoms with Crippen LogP contribution in [0.2, 0.25) is 0 Å². The molecule has 0 bridgehead atoms. The highest BCUT2D eigenvalue weighted by atomic mass is 32.1. The summed E-state index contributed by atoms with van der Waals surface area (Å²) in [5.41, 5.74) is 0.981. The number of pyridine rings is 1. The van der Waals surface area contributed by atoms with E-state index in [4.69, 9.17) is 0 Å². The van der Waals surface area contributed by atoms with Crippen molar-refractivity contribution < 1.29 is 0 Å². The maximum absolute atomic E-state index is 4.06. The number of nitrogens with zero attached hydrogens (tertiary/aromatic N) is 2. The van der Waals surface area contributed by atoms with Gasteiger partial charge in [-0.2, -0.15) is 4.37 Å². The zero-order chi connectivity index (χ0) is 6.10. The van der Waals surface area contributed by atoms with E-state index in [1.807, 2.05) is 6.07 Å². The van der Waals surface area contributed by atoms with Gasteiger partial charge in [-0.1, -0.05) is 0 Å². The molecule has 0 N–H and O–H groups in total. The van der Waals surface area contributed by atoms with Crippen molar-refractivity contribution in [1.29, 1.82) is 0 Å². The molecule has 0 saturated heterocycles. The molecular formula is C6H3N2S. The smallest absolute Gasteiger partial charge is 0.0878 e. The zero-order valence-electron chi connectivity index (χ0n) is 4.53. The number of rotatable bonds is 0. The summed E-state index contributed by atoms with van der Waals surface area (Å²) >= 11 is 1.34. The number of aromatic nitrogens is 2. The second kappa shape index (κ2) is 1.77. The number of fused-ring (bicyclic) bond motifs is 1. The van der Waals surface area contributed by atoms with Gasteiger partial charge in [-0.3, -0.25) is 4.98 Å². The van der Waals surface area contributed by atoms with Gasteiger partial charge in [0.2, 0.25) is 0 Å². The Bertz CT molecular complexity index is 285. The van der Waals surface area contributed by atoms with Crippen molar-refractivity contribution in [1.82, 2.24) is 9.36 Å². The van der Waals surface area contributed by atoms with Crippen LogP contribution in [0, 0.1) is 5.38 Å². The average Bonchev–Trinajstić information content (AvgIpc) is 2.33. The van der Waals surface area contributed by atoms with Gasteiger partial charge in [-0.05, 0) is 17.6 Å². The third kappa shape index (κ3) is 0.695. The van der Waals surface area contributed by atoms with Gasteiger partial charge in [-0.25, -0.2) is 0 Å². The third-order valence-electron chi connectivity index (χ3n) is 1.10. The second-order valence-electron chi connectivity index (χ2n) is 1.68. The van der Waals surface area contributed by atoms with E-state index in [1.165, 1.54) is 11.5 Å². The van der Waals surface area contributed by atoms with Crippen LogP contribution >= 0.6 is 11.5 Å². The Hall–Kier alpha value is -0.960. The molecule has 9 heavy (non-hydrogen) atoms. The van der Waals surface area contributed by atoms with Crippen molar-refractivity contribution in [3.05, 3.63) is 23.8 Å². The predicted octanol–water partition coefficient (Wildman–Crippen LogP) is 1.49. The minimum Gasteiger partial charge on any atom is -0.264 e. The monoisotopic (exact) mass is 135 g/mol. The van der Waals surface area contributed by atoms with Crippen LogP contribution in [0.25, 0.3) is 10.9 Å². The fourth-order valence-electron chi connectivity index (χ4n) is 0.667. The molecule has 2 aromatic heterocycles. The summed E-state index contributed by atoms with van der Waals surface area (Å²) in [4.78, 5) is 3.92. The topological polar surface area (TPSA) is 25.8 Å². The molecule has 0 saturated carbocycles. The molecule has 0 amide bonds. The number of hydrogen-bond acceptors (Lipinski definition) is 3. The molecule has 1 radical (unpaired) electrons. The summed E-state index contributed by atoms with van der Waals surface area (Å²) in [5.74, 6) is 0. The lowest BCUT2D eigenvalue weighted by Crippen LogP contribution is -1.67. The average molecular weight is 135 g/mol. The molecule has 0 fully saturated rings. The van der Waals surface area contributed by atoms with E-state index in [0.29, 0.717) is 0 Å². The Morgan fingerprint density at radius 1 is 1.56 bits per heavy atom. The van der Waals surface area contributed by atoms with Crippen molar-refractivity contribution in [3.8, 4) is 0 Å². The lowest BCUT2D eigenvalue weighted by molar-refractivity contribution is 1.36. The first-order valence-corrected chi connectivity index (χ1v) is 3.31. The van der Waals surface area contributed by atoms with Crippen molar-refractivity contribution >= 4 is 22.4 Å². The normalized spacial score (nSPS) is 10.2. The standard InChI is InChI=1S/C6H3N2S/c1-2-7-3-5-4-9-8-6(1)5/h1-3H. The summed E-state index contributed by atoms with van der Waals surface area (Å²) in [6, 6.07) is 1.88. The van der Waals surface area contributed by atoms with E-state index in [-0.39, 0.29) is 0 Å². The van der Waals surface area contributed by atoms with Crippen molar-refractivity contribution in [2.75, 3.05) is 0 Å². The van der Waals surface area contributed by atoms with E-state index in [0.717, 1.165) is 10.9 Å². The Morgan fingerprint density at radius 2 is 2.56 bits per heavy atom. The Morgan fingerprint density at radius 3 is 3.44 bits per heavy atom. The van der Waals surface area contributed by atoms with E-state index in [9.17, 15) is 0 Å². The van der Waals surface area contributed by atoms with Gasteiger partial charge in [0.05, 0.1) is 10.9 Å². The van der Waals surface area contributed by atoms with Gasteiger partial charge in [0.15, 0.2) is 0 Å². The maximum atomic E-state index is 4.06. The van der Waals surface area contributed by atoms with Crippen LogP contribution in [0.1, 0.15) is 0 Å². The third-order valence-corrected chi connectivity index (χ3v) is 1.70. The highest BCUT2D eigenvalue weighted by molar-refractivity contribution is 7.04. The largest absolute Gasteiger partial charge is 0.264 e. The quantitative estimate of drug-likeness (QED) is 0.547. The minimum absolute atomic E-state index is 0.981. The molecule has 3 heteroatoms. The van der Waals surface area contributed by atoms with Crippen LogP contribution < -0.4 is 0 Å². The predicted molar refractivity (Wildman–Crippen MR) is 36.3 cm³/mol. The number of hydrogen-bond donors (Lipinski definition) is 0. The molecule has 2 rings (SSSR count). The fourth-order valence-corrected chi connectivity index (χ4v) is 1.23. The second-order valence-corrected chi connectivity index (χ2v) is 2.25. The molecule has 0 aromatic carbocycles. The molecule has 43 valence electrons. The SMILES string of the molecule is [c]1snc2ccncc12. The molecule has 0 unspecified atom stereocenters. The summed E-state index contributed by atoms with van der Waals surface area (Å²) in [6.45, 7) is 0. The molecule has 0 spiro atoms. The van der Waals surface area contributed by atoms with Gasteiger partial charge in [0, 0.05) is 17.8 Å². The molecule has 2 heterocycles. The van der Waals surface area contributed by atoms with E-state index >= 15 is 0 Å². The van der Waals surface area contributed by atoms with Crippen LogP contribution in [0.15, 0.2) is 18.5 Å². The summed E-state index contributed by atoms with van der Waals surface area (Å²) in [7, 11) is 0. The van der Waals surface area contributed by atoms with Crippen LogP contribution in [-0.4, -0.2) is 9.36 Å². The van der Waals surface area contributed by atoms with E-state index in [1.54, 1.807) is 12.4 Å². The molecule has 0 aliphatic heterocycles. The van der Waals surface area contributed by atoms with Gasteiger partial charge < -0.3 is 0 Å². The van der Waals surface area contributed by atoms with Crippen molar-refractivity contribution in [2.45, 2.75) is 0 Å². The van der Waals surface area contributed by atoms with Crippen molar-refractivity contribution in [2.24, 2.45) is 0 Å². The first-order chi connectivity index (χ1) is 4.47. The summed E-state index contributed by atoms with van der Waals surface area (Å²) in [5, 5.41) is 3.99. The van der Waals surface area contributed by atoms with Crippen LogP contribution in [-0.2, 0) is 0 Å². The Kier molecular flexibility index (Phi) is 0.960. The molecular weight excluding hydrogens is 132 g/mol. The summed E-state index contributed by atoms with van der Waals surface area (Å²) in [6.07, 6.45) is 3.49. The zero-order valence-corrected chi connectivity index (χ0v) is 5.35. The first kappa shape index (κ1) is 4.88. The lowest BCUT2D eigenvalue weighted by Gasteiger charge is -1.79. The van der Waals surface area contributed by atoms with Crippen LogP contribution in [0.3, 0.4) is 0 Å². The molecule has 0 aliphatic rings. The molecule has 0 atom stereocenters. The van der Waals surface area contributed by atoms with Gasteiger partial charge in [-0.15, -0.1) is 0 Å². The van der Waals surface area contributed by atoms with Crippen LogP contribution in [0.4, 0.5) is 0 Å². The Labute approximate surface area is 56.3 Å². The van der Waals surface area contributed by atoms with E-state index in [2.05, 4.69) is 14.7 Å². The van der Waals surface area contributed by atoms with Gasteiger partial charge in [0.1, 0.15) is 0 Å². The first-order valence-electron chi connectivity index (χ1n) is 2.54. The summed E-state index contributed by atoms with van der Waals surface area (Å²) < 4.78 is 4.06. The highest BCUT2D eigenvalue weighted by Crippen LogP contribution is 2.10. The maximum Gasteiger partial charge on any atom is 0.0878 e. The lowest BCUT2D eigenvalue weighted by atomic mass is 10.4. The molecule has 0 aliphatic carbocycles. The minimum atomic E-state index is 0.981. The molecule has 2 aromatic rings. The molecule has 2 nitrogen and oxygen atoms in total. The Balaban J connectivity index is 2.95. The fraction of sp³-hybridized carbons (Fsp3) is 0. The van der Waals surface area contributed by atoms with Crippen LogP contribution in [0.5, 0.6) is 0 Å². The highest BCUT2D eigenvalue weighted by Gasteiger charge is 1.91. The van der Waals surface area contributed by atoms with Gasteiger partial charge >= 0.3 is 0 Å². The van der Waals surface area contributed by atoms with E-state index < -0.39 is 0 Å².